The van der Waals surface area contributed by atoms with Crippen LogP contribution in [0.25, 0.3) is 6.08 Å². The standard InChI is InChI=1S/C55H63N5O14/c1-2-30-71-55-50(58(26-31-70-32-29-63)51(64)25-18-38-14-19-42(20-15-38)59(66)67)35-48(57-72-37-40-16-21-43(22-17-40)60(68)69)46-33-41(12-6-8-27-61)45(13-7-9-28-62)52(53(46)55)47-34-44(23-24-49(47)74-55)73-54(65)56-36-39-10-4-3-5-11-39/h2-5,10-11,14-25,33-34,41,45,50,52-53,61-63H,1,6-9,12-13,26-32,35-37H2,(H,56,65)/t41-,45+,50-,52+,53+,55+/m0/s1. The van der Waals surface area contributed by atoms with Crippen molar-refractivity contribution in [3.05, 3.63) is 170 Å². The molecule has 0 unspecified atom stereocenters. The number of nitrogens with one attached hydrogen (secondary N) is 1. The Morgan fingerprint density at radius 2 is 1.57 bits per heavy atom. The fraction of sp³-hybridized carbons (Fsp3) is 0.400. The molecule has 4 N–H and O–H groups in total. The maximum Gasteiger partial charge on any atom is 0.412 e. The topological polar surface area (TPSA) is 255 Å². The number of aliphatic hydroxyl groups is 3. The highest BCUT2D eigenvalue weighted by Crippen LogP contribution is 2.62. The summed E-state index contributed by atoms with van der Waals surface area (Å²) >= 11 is 0. The van der Waals surface area contributed by atoms with Crippen LogP contribution in [0.15, 0.2) is 133 Å². The summed E-state index contributed by atoms with van der Waals surface area (Å²) < 4.78 is 26.1. The predicted molar refractivity (Wildman–Crippen MR) is 274 cm³/mol. The summed E-state index contributed by atoms with van der Waals surface area (Å²) in [5.41, 5.74) is 3.73. The zero-order valence-corrected chi connectivity index (χ0v) is 41.1. The predicted octanol–water partition coefficient (Wildman–Crippen LogP) is 8.18. The second-order valence-electron chi connectivity index (χ2n) is 18.2. The summed E-state index contributed by atoms with van der Waals surface area (Å²) in [6.07, 6.45) is 9.76. The zero-order valence-electron chi connectivity index (χ0n) is 41.1. The van der Waals surface area contributed by atoms with E-state index in [0.717, 1.165) is 11.1 Å². The van der Waals surface area contributed by atoms with Crippen LogP contribution >= 0.6 is 0 Å². The van der Waals surface area contributed by atoms with Crippen molar-refractivity contribution in [3.63, 3.8) is 0 Å². The van der Waals surface area contributed by atoms with Crippen LogP contribution in [-0.4, -0.2) is 106 Å². The number of aliphatic hydroxyl groups excluding tert-OH is 3. The Kier molecular flexibility index (Phi) is 19.6. The SMILES string of the molecule is C=CCO[C@@]12Oc3ccc(OC(=O)NCc4ccccc4)cc3[C@H]3[C@H](CCCCO)[C@@H](CCCCO)C=C(C(=NOCc4ccc([N+](=O)[O-])cc4)C[C@@H]1N(CCOCCO)C(=O)C=Cc1ccc([N+](=O)[O-])cc1)[C@H]32. The molecule has 4 aromatic rings. The number of oxime groups is 1. The number of allylic oxidation sites excluding steroid dienone is 1. The number of hydrogen-bond acceptors (Lipinski definition) is 15. The van der Waals surface area contributed by atoms with E-state index in [4.69, 9.17) is 28.9 Å². The van der Waals surface area contributed by atoms with Crippen molar-refractivity contribution in [1.29, 1.82) is 0 Å². The van der Waals surface area contributed by atoms with E-state index < -0.39 is 45.5 Å². The van der Waals surface area contributed by atoms with Gasteiger partial charge in [-0.3, -0.25) is 25.0 Å². The van der Waals surface area contributed by atoms with Gasteiger partial charge in [0.25, 0.3) is 11.4 Å². The van der Waals surface area contributed by atoms with Crippen molar-refractivity contribution in [2.75, 3.05) is 46.2 Å². The largest absolute Gasteiger partial charge is 0.459 e. The number of amides is 2. The van der Waals surface area contributed by atoms with E-state index in [2.05, 4.69) is 18.0 Å². The third-order valence-electron chi connectivity index (χ3n) is 13.6. The molecule has 3 aliphatic rings. The van der Waals surface area contributed by atoms with E-state index in [1.54, 1.807) is 47.4 Å². The number of nitro benzene ring substituents is 2. The zero-order chi connectivity index (χ0) is 52.5. The minimum absolute atomic E-state index is 0.00211. The third kappa shape index (κ3) is 13.5. The number of benzene rings is 4. The number of nitro groups is 2. The second kappa shape index (κ2) is 26.6. The first-order valence-electron chi connectivity index (χ1n) is 24.8. The van der Waals surface area contributed by atoms with Gasteiger partial charge in [0.05, 0.1) is 47.9 Å². The monoisotopic (exact) mass is 1020 g/mol. The molecule has 392 valence electrons. The number of unbranched alkanes of at least 4 members (excludes halogenated alkanes) is 2. The van der Waals surface area contributed by atoms with Crippen LogP contribution in [0.1, 0.15) is 73.1 Å². The Morgan fingerprint density at radius 1 is 0.865 bits per heavy atom. The van der Waals surface area contributed by atoms with Gasteiger partial charge in [0.15, 0.2) is 0 Å². The summed E-state index contributed by atoms with van der Waals surface area (Å²) in [6, 6.07) is 25.3. The second-order valence-corrected chi connectivity index (χ2v) is 18.2. The number of hydrogen-bond donors (Lipinski definition) is 4. The lowest BCUT2D eigenvalue weighted by Crippen LogP contribution is -2.70. The van der Waals surface area contributed by atoms with Crippen molar-refractivity contribution in [2.24, 2.45) is 22.9 Å². The molecule has 1 aliphatic heterocycles. The Bertz CT molecular complexity index is 2640. The normalized spacial score (nSPS) is 21.1. The van der Waals surface area contributed by atoms with E-state index >= 15 is 4.79 Å². The van der Waals surface area contributed by atoms with E-state index in [0.29, 0.717) is 66.7 Å². The van der Waals surface area contributed by atoms with Gasteiger partial charge in [0.2, 0.25) is 11.7 Å². The Labute approximate surface area is 429 Å². The van der Waals surface area contributed by atoms with Gasteiger partial charge < -0.3 is 49.3 Å². The van der Waals surface area contributed by atoms with Crippen molar-refractivity contribution >= 4 is 35.2 Å². The van der Waals surface area contributed by atoms with Crippen molar-refractivity contribution < 1.29 is 58.5 Å². The first kappa shape index (κ1) is 54.5. The molecule has 6 atom stereocenters. The lowest BCUT2D eigenvalue weighted by molar-refractivity contribution is -0.385. The fourth-order valence-corrected chi connectivity index (χ4v) is 10.2. The highest BCUT2D eigenvalue weighted by atomic mass is 16.7. The van der Waals surface area contributed by atoms with Gasteiger partial charge in [-0.25, -0.2) is 4.79 Å². The molecule has 19 heteroatoms. The van der Waals surface area contributed by atoms with Crippen LogP contribution < -0.4 is 14.8 Å². The third-order valence-corrected chi connectivity index (χ3v) is 13.6. The summed E-state index contributed by atoms with van der Waals surface area (Å²) in [4.78, 5) is 58.0. The maximum absolute atomic E-state index is 15.0. The number of fused-ring (bicyclic) bond motifs is 2. The molecule has 0 spiro atoms. The summed E-state index contributed by atoms with van der Waals surface area (Å²) in [6.45, 7) is 3.83. The molecule has 0 saturated heterocycles. The molecular weight excluding hydrogens is 955 g/mol. The Hall–Kier alpha value is -7.29. The molecule has 7 rings (SSSR count). The van der Waals surface area contributed by atoms with E-state index in [1.165, 1.54) is 42.5 Å². The van der Waals surface area contributed by atoms with Gasteiger partial charge in [0.1, 0.15) is 24.1 Å². The minimum Gasteiger partial charge on any atom is -0.459 e. The summed E-state index contributed by atoms with van der Waals surface area (Å²) in [5, 5.41) is 60.2. The number of nitrogens with zero attached hydrogens (tertiary/aromatic N) is 4. The molecule has 1 fully saturated rings. The molecule has 0 bridgehead atoms. The first-order valence-corrected chi connectivity index (χ1v) is 24.8. The molecule has 0 radical (unpaired) electrons. The van der Waals surface area contributed by atoms with Gasteiger partial charge in [-0.1, -0.05) is 60.5 Å². The van der Waals surface area contributed by atoms with Gasteiger partial charge in [0, 0.05) is 74.5 Å². The molecule has 2 aliphatic carbocycles. The van der Waals surface area contributed by atoms with E-state index in [9.17, 15) is 40.3 Å². The molecule has 19 nitrogen and oxygen atoms in total. The molecule has 1 heterocycles. The van der Waals surface area contributed by atoms with E-state index in [1.807, 2.05) is 30.3 Å². The van der Waals surface area contributed by atoms with Crippen molar-refractivity contribution in [1.82, 2.24) is 10.2 Å². The molecule has 4 aromatic carbocycles. The number of non-ortho nitro benzene ring substituents is 2. The highest BCUT2D eigenvalue weighted by molar-refractivity contribution is 6.03. The lowest BCUT2D eigenvalue weighted by atomic mass is 9.55. The Balaban J connectivity index is 1.40. The molecule has 74 heavy (non-hydrogen) atoms. The average molecular weight is 1020 g/mol. The van der Waals surface area contributed by atoms with Crippen LogP contribution in [0.2, 0.25) is 0 Å². The lowest BCUT2D eigenvalue weighted by Gasteiger charge is -2.60. The fourth-order valence-electron chi connectivity index (χ4n) is 10.2. The number of rotatable bonds is 27. The van der Waals surface area contributed by atoms with Crippen LogP contribution in [0, 0.1) is 38.0 Å². The quantitative estimate of drug-likeness (QED) is 0.0145. The highest BCUT2D eigenvalue weighted by Gasteiger charge is 2.65. The number of ether oxygens (including phenoxy) is 4. The number of carbonyl (C=O) groups excluding carboxylic acids is 2. The van der Waals surface area contributed by atoms with Gasteiger partial charge in [-0.15, -0.1) is 6.58 Å². The molecule has 2 amide bonds. The first-order chi connectivity index (χ1) is 36.0. The van der Waals surface area contributed by atoms with Crippen LogP contribution in [0.5, 0.6) is 11.5 Å². The average Bonchev–Trinajstić information content (AvgIpc) is 3.41. The maximum atomic E-state index is 15.0. The van der Waals surface area contributed by atoms with Gasteiger partial charge in [-0.2, -0.15) is 0 Å². The summed E-state index contributed by atoms with van der Waals surface area (Å²) in [7, 11) is 0. The number of carbonyl (C=O) groups is 2. The molecule has 1 saturated carbocycles. The molecule has 0 aromatic heterocycles. The smallest absolute Gasteiger partial charge is 0.412 e. The van der Waals surface area contributed by atoms with Gasteiger partial charge in [-0.05, 0) is 108 Å². The Morgan fingerprint density at radius 3 is 2.24 bits per heavy atom. The van der Waals surface area contributed by atoms with Crippen molar-refractivity contribution in [3.8, 4) is 11.5 Å². The molecular formula is C55H63N5O14. The van der Waals surface area contributed by atoms with Crippen LogP contribution in [0.3, 0.4) is 0 Å². The summed E-state index contributed by atoms with van der Waals surface area (Å²) in [5.74, 6) is -2.99. The van der Waals surface area contributed by atoms with Gasteiger partial charge >= 0.3 is 6.09 Å². The van der Waals surface area contributed by atoms with E-state index in [-0.39, 0.29) is 94.7 Å². The van der Waals surface area contributed by atoms with Crippen LogP contribution in [0.4, 0.5) is 16.2 Å². The minimum atomic E-state index is -1.68. The van der Waals surface area contributed by atoms with Crippen molar-refractivity contribution in [2.45, 2.75) is 75.8 Å². The van der Waals surface area contributed by atoms with Crippen LogP contribution in [-0.2, 0) is 32.3 Å².